The molecule has 1 atom stereocenters. The first-order valence-corrected chi connectivity index (χ1v) is 8.08. The van der Waals surface area contributed by atoms with E-state index in [1.807, 2.05) is 7.05 Å². The number of aromatic amines is 1. The molecule has 8 heteroatoms. The summed E-state index contributed by atoms with van der Waals surface area (Å²) in [7, 11) is 2.05. The molecule has 0 aliphatic carbocycles. The molecule has 0 spiro atoms. The molecule has 6 nitrogen and oxygen atoms in total. The number of nitrogens with one attached hydrogen (secondary N) is 2. The summed E-state index contributed by atoms with van der Waals surface area (Å²) in [6.07, 6.45) is 5.48. The minimum Gasteiger partial charge on any atom is -0.363 e. The maximum absolute atomic E-state index is 14.1. The summed E-state index contributed by atoms with van der Waals surface area (Å²) in [4.78, 5) is 18.0. The Morgan fingerprint density at radius 2 is 2.25 bits per heavy atom. The summed E-state index contributed by atoms with van der Waals surface area (Å²) in [5.74, 6) is 0.203. The van der Waals surface area contributed by atoms with E-state index in [1.165, 1.54) is 6.20 Å². The van der Waals surface area contributed by atoms with Crippen molar-refractivity contribution in [2.75, 3.05) is 25.5 Å². The van der Waals surface area contributed by atoms with Crippen molar-refractivity contribution in [3.8, 4) is 11.4 Å². The molecule has 3 aromatic heterocycles. The third-order valence-electron chi connectivity index (χ3n) is 4.21. The van der Waals surface area contributed by atoms with Crippen LogP contribution in [-0.4, -0.2) is 51.0 Å². The molecule has 24 heavy (non-hydrogen) atoms. The fraction of sp³-hybridized carbons (Fsp3) is 0.312. The Bertz CT molecular complexity index is 895. The molecule has 0 radical (unpaired) electrons. The molecule has 4 heterocycles. The average molecular weight is 347 g/mol. The second-order valence-electron chi connectivity index (χ2n) is 6.03. The van der Waals surface area contributed by atoms with Crippen LogP contribution in [0.4, 0.5) is 10.2 Å². The molecule has 0 unspecified atom stereocenters. The van der Waals surface area contributed by atoms with Crippen LogP contribution in [0, 0.1) is 5.82 Å². The summed E-state index contributed by atoms with van der Waals surface area (Å²) in [5, 5.41) is 4.51. The summed E-state index contributed by atoms with van der Waals surface area (Å²) in [6.45, 7) is 1.86. The van der Waals surface area contributed by atoms with Crippen molar-refractivity contribution in [1.29, 1.82) is 0 Å². The van der Waals surface area contributed by atoms with Gasteiger partial charge in [0.15, 0.2) is 17.5 Å². The Hall–Kier alpha value is -2.25. The number of halogens is 2. The molecule has 0 bridgehead atoms. The first kappa shape index (κ1) is 15.3. The fourth-order valence-corrected chi connectivity index (χ4v) is 3.17. The number of likely N-dealkylation sites (tertiary alicyclic amines) is 1. The highest BCUT2D eigenvalue weighted by Gasteiger charge is 2.21. The van der Waals surface area contributed by atoms with Gasteiger partial charge in [0.05, 0.1) is 11.2 Å². The molecule has 1 aliphatic rings. The predicted octanol–water partition coefficient (Wildman–Crippen LogP) is 2.93. The normalized spacial score (nSPS) is 18.4. The van der Waals surface area contributed by atoms with Gasteiger partial charge < -0.3 is 15.2 Å². The molecular formula is C16H16ClFN6. The Morgan fingerprint density at radius 3 is 3.04 bits per heavy atom. The lowest BCUT2D eigenvalue weighted by atomic mass is 10.2. The van der Waals surface area contributed by atoms with Gasteiger partial charge in [-0.05, 0) is 26.1 Å². The van der Waals surface area contributed by atoms with Gasteiger partial charge in [-0.2, -0.15) is 0 Å². The van der Waals surface area contributed by atoms with Crippen molar-refractivity contribution < 1.29 is 4.39 Å². The number of nitrogens with zero attached hydrogens (tertiary/aromatic N) is 4. The zero-order valence-corrected chi connectivity index (χ0v) is 13.8. The van der Waals surface area contributed by atoms with Crippen LogP contribution in [0.25, 0.3) is 22.4 Å². The van der Waals surface area contributed by atoms with Crippen LogP contribution in [0.2, 0.25) is 5.02 Å². The van der Waals surface area contributed by atoms with E-state index in [-0.39, 0.29) is 11.9 Å². The molecule has 124 valence electrons. The van der Waals surface area contributed by atoms with Gasteiger partial charge in [-0.25, -0.2) is 19.3 Å². The number of H-pyrrole nitrogens is 1. The van der Waals surface area contributed by atoms with Gasteiger partial charge >= 0.3 is 0 Å². The molecule has 3 aromatic rings. The van der Waals surface area contributed by atoms with Crippen molar-refractivity contribution in [3.05, 3.63) is 35.5 Å². The van der Waals surface area contributed by atoms with Crippen LogP contribution in [0.15, 0.2) is 24.7 Å². The number of pyridine rings is 1. The van der Waals surface area contributed by atoms with Crippen LogP contribution in [0.3, 0.4) is 0 Å². The monoisotopic (exact) mass is 346 g/mol. The van der Waals surface area contributed by atoms with Gasteiger partial charge in [0, 0.05) is 35.9 Å². The second kappa shape index (κ2) is 5.99. The Kier molecular flexibility index (Phi) is 3.82. The highest BCUT2D eigenvalue weighted by Crippen LogP contribution is 2.28. The maximum atomic E-state index is 14.1. The van der Waals surface area contributed by atoms with Gasteiger partial charge in [0.1, 0.15) is 5.65 Å². The lowest BCUT2D eigenvalue weighted by molar-refractivity contribution is 0.413. The van der Waals surface area contributed by atoms with Gasteiger partial charge in [-0.1, -0.05) is 11.6 Å². The zero-order chi connectivity index (χ0) is 16.7. The molecule has 4 rings (SSSR count). The van der Waals surface area contributed by atoms with E-state index in [1.54, 1.807) is 18.5 Å². The van der Waals surface area contributed by atoms with E-state index in [2.05, 4.69) is 30.2 Å². The Labute approximate surface area is 143 Å². The van der Waals surface area contributed by atoms with Crippen LogP contribution in [0.1, 0.15) is 6.42 Å². The van der Waals surface area contributed by atoms with Crippen molar-refractivity contribution in [2.24, 2.45) is 0 Å². The van der Waals surface area contributed by atoms with Gasteiger partial charge in [0.2, 0.25) is 0 Å². The number of hydrogen-bond donors (Lipinski definition) is 2. The van der Waals surface area contributed by atoms with E-state index in [0.717, 1.165) is 30.5 Å². The summed E-state index contributed by atoms with van der Waals surface area (Å²) >= 11 is 6.02. The first-order valence-electron chi connectivity index (χ1n) is 7.71. The van der Waals surface area contributed by atoms with Crippen LogP contribution in [0.5, 0.6) is 0 Å². The molecule has 0 amide bonds. The highest BCUT2D eigenvalue weighted by atomic mass is 35.5. The van der Waals surface area contributed by atoms with Crippen LogP contribution in [-0.2, 0) is 0 Å². The summed E-state index contributed by atoms with van der Waals surface area (Å²) in [6, 6.07) is 1.98. The van der Waals surface area contributed by atoms with E-state index in [0.29, 0.717) is 16.5 Å². The largest absolute Gasteiger partial charge is 0.363 e. The molecule has 2 N–H and O–H groups in total. The average Bonchev–Trinajstić information content (AvgIpc) is 3.15. The minimum atomic E-state index is -0.454. The molecule has 1 aliphatic heterocycles. The summed E-state index contributed by atoms with van der Waals surface area (Å²) < 4.78 is 14.1. The number of aromatic nitrogens is 4. The third kappa shape index (κ3) is 2.81. The third-order valence-corrected chi connectivity index (χ3v) is 4.42. The lowest BCUT2D eigenvalue weighted by Crippen LogP contribution is -2.24. The fourth-order valence-electron chi connectivity index (χ4n) is 3.01. The molecule has 0 aromatic carbocycles. The standard InChI is InChI=1S/C16H16ClFN6/c1-24-3-2-10(8-24)22-16-13(18)7-21-15(23-16)12-6-20-14-11(12)4-9(17)5-19-14/h4-7,10H,2-3,8H2,1H3,(H,19,20)(H,21,22,23)/t10-/m1/s1. The number of fused-ring (bicyclic) bond motifs is 1. The smallest absolute Gasteiger partial charge is 0.183 e. The number of likely N-dealkylation sites (N-methyl/N-ethyl adjacent to an activating group) is 1. The van der Waals surface area contributed by atoms with Crippen molar-refractivity contribution >= 4 is 28.5 Å². The van der Waals surface area contributed by atoms with Crippen molar-refractivity contribution in [2.45, 2.75) is 12.5 Å². The highest BCUT2D eigenvalue weighted by molar-refractivity contribution is 6.31. The number of rotatable bonds is 3. The minimum absolute atomic E-state index is 0.186. The van der Waals surface area contributed by atoms with E-state index < -0.39 is 5.82 Å². The molecular weight excluding hydrogens is 331 g/mol. The van der Waals surface area contributed by atoms with Crippen LogP contribution >= 0.6 is 11.6 Å². The maximum Gasteiger partial charge on any atom is 0.183 e. The topological polar surface area (TPSA) is 69.7 Å². The van der Waals surface area contributed by atoms with Gasteiger partial charge in [-0.15, -0.1) is 0 Å². The van der Waals surface area contributed by atoms with E-state index in [9.17, 15) is 4.39 Å². The zero-order valence-electron chi connectivity index (χ0n) is 13.1. The predicted molar refractivity (Wildman–Crippen MR) is 91.6 cm³/mol. The number of hydrogen-bond acceptors (Lipinski definition) is 5. The van der Waals surface area contributed by atoms with Gasteiger partial charge in [0.25, 0.3) is 0 Å². The van der Waals surface area contributed by atoms with E-state index in [4.69, 9.17) is 11.6 Å². The summed E-state index contributed by atoms with van der Waals surface area (Å²) in [5.41, 5.74) is 1.43. The first-order chi connectivity index (χ1) is 11.6. The van der Waals surface area contributed by atoms with E-state index >= 15 is 0 Å². The Morgan fingerprint density at radius 1 is 1.38 bits per heavy atom. The molecule has 1 fully saturated rings. The quantitative estimate of drug-likeness (QED) is 0.763. The van der Waals surface area contributed by atoms with Crippen LogP contribution < -0.4 is 5.32 Å². The number of anilines is 1. The molecule has 0 saturated carbocycles. The Balaban J connectivity index is 1.70. The SMILES string of the molecule is CN1CC[C@@H](Nc2nc(-c3c[nH]c4ncc(Cl)cc34)ncc2F)C1. The van der Waals surface area contributed by atoms with Crippen molar-refractivity contribution in [1.82, 2.24) is 24.8 Å². The molecule has 1 saturated heterocycles. The van der Waals surface area contributed by atoms with Gasteiger partial charge in [-0.3, -0.25) is 0 Å². The lowest BCUT2D eigenvalue weighted by Gasteiger charge is -2.14. The second-order valence-corrected chi connectivity index (χ2v) is 6.47. The van der Waals surface area contributed by atoms with Crippen molar-refractivity contribution in [3.63, 3.8) is 0 Å².